The molecule has 1 aromatic rings. The van der Waals surface area contributed by atoms with Crippen molar-refractivity contribution < 1.29 is 8.42 Å². The molecule has 1 heterocycles. The number of nitrogens with zero attached hydrogens (tertiary/aromatic N) is 1. The van der Waals surface area contributed by atoms with Crippen molar-refractivity contribution in [1.29, 1.82) is 0 Å². The normalized spacial score (nSPS) is 14.7. The van der Waals surface area contributed by atoms with Crippen LogP contribution in [0.5, 0.6) is 0 Å². The second-order valence-electron chi connectivity index (χ2n) is 5.05. The highest BCUT2D eigenvalue weighted by molar-refractivity contribution is 7.92. The van der Waals surface area contributed by atoms with Crippen LogP contribution < -0.4 is 5.32 Å². The summed E-state index contributed by atoms with van der Waals surface area (Å²) in [6.07, 6.45) is 1.93. The van der Waals surface area contributed by atoms with Crippen LogP contribution in [0.25, 0.3) is 0 Å². The van der Waals surface area contributed by atoms with E-state index >= 15 is 0 Å². The van der Waals surface area contributed by atoms with Gasteiger partial charge in [0.1, 0.15) is 0 Å². The Balaban J connectivity index is 2.96. The second-order valence-corrected chi connectivity index (χ2v) is 8.71. The van der Waals surface area contributed by atoms with E-state index in [0.29, 0.717) is 6.42 Å². The van der Waals surface area contributed by atoms with E-state index in [9.17, 15) is 8.42 Å². The van der Waals surface area contributed by atoms with Crippen molar-refractivity contribution in [1.82, 2.24) is 10.3 Å². The maximum atomic E-state index is 11.9. The largest absolute Gasteiger partial charge is 0.312 e. The Morgan fingerprint density at radius 2 is 2.11 bits per heavy atom. The van der Waals surface area contributed by atoms with Gasteiger partial charge < -0.3 is 5.32 Å². The zero-order valence-electron chi connectivity index (χ0n) is 11.6. The minimum atomic E-state index is -3.12. The maximum absolute atomic E-state index is 11.9. The first-order valence-corrected chi connectivity index (χ1v) is 8.79. The van der Waals surface area contributed by atoms with E-state index in [1.54, 1.807) is 25.2 Å². The van der Waals surface area contributed by atoms with Crippen molar-refractivity contribution in [2.75, 3.05) is 12.8 Å². The number of thiazole rings is 1. The van der Waals surface area contributed by atoms with Crippen molar-refractivity contribution in [3.05, 3.63) is 16.1 Å². The van der Waals surface area contributed by atoms with E-state index in [-0.39, 0.29) is 6.04 Å². The molecular weight excluding hydrogens is 268 g/mol. The lowest BCUT2D eigenvalue weighted by atomic mass is 9.98. The van der Waals surface area contributed by atoms with Gasteiger partial charge in [0.25, 0.3) is 0 Å². The molecule has 104 valence electrons. The third-order valence-corrected chi connectivity index (χ3v) is 6.34. The molecule has 0 saturated heterocycles. The number of nitrogens with one attached hydrogen (secondary N) is 1. The van der Waals surface area contributed by atoms with Gasteiger partial charge in [-0.15, -0.1) is 11.3 Å². The Labute approximate surface area is 114 Å². The Bertz CT molecular complexity index is 492. The average Bonchev–Trinajstić information content (AvgIpc) is 2.61. The lowest BCUT2D eigenvalue weighted by Crippen LogP contribution is -2.52. The average molecular weight is 290 g/mol. The summed E-state index contributed by atoms with van der Waals surface area (Å²) in [5, 5.41) is 6.28. The van der Waals surface area contributed by atoms with Crippen LogP contribution in [-0.2, 0) is 16.3 Å². The molecule has 0 amide bonds. The molecule has 0 bridgehead atoms. The molecule has 0 radical (unpaired) electrons. The lowest BCUT2D eigenvalue weighted by Gasteiger charge is -2.33. The fourth-order valence-electron chi connectivity index (χ4n) is 1.78. The standard InChI is InChI=1S/C12H22N2O2S2/c1-6-13-11(12(3,4)18(5,15)16)7-10-8-17-9(2)14-10/h8,11,13H,6-7H2,1-5H3. The molecule has 1 atom stereocenters. The molecule has 1 aromatic heterocycles. The van der Waals surface area contributed by atoms with Gasteiger partial charge in [-0.05, 0) is 27.3 Å². The SMILES string of the molecule is CCNC(Cc1csc(C)n1)C(C)(C)S(C)(=O)=O. The molecule has 0 fully saturated rings. The summed E-state index contributed by atoms with van der Waals surface area (Å²) in [4.78, 5) is 4.41. The first kappa shape index (κ1) is 15.6. The van der Waals surface area contributed by atoms with Crippen LogP contribution >= 0.6 is 11.3 Å². The van der Waals surface area contributed by atoms with E-state index in [1.165, 1.54) is 6.26 Å². The molecule has 0 aromatic carbocycles. The molecule has 0 aliphatic rings. The van der Waals surface area contributed by atoms with Crippen LogP contribution in [0.4, 0.5) is 0 Å². The van der Waals surface area contributed by atoms with Gasteiger partial charge in [0, 0.05) is 24.1 Å². The van der Waals surface area contributed by atoms with Gasteiger partial charge in [0.05, 0.1) is 15.4 Å². The highest BCUT2D eigenvalue weighted by atomic mass is 32.2. The van der Waals surface area contributed by atoms with Crippen molar-refractivity contribution >= 4 is 21.2 Å². The molecule has 18 heavy (non-hydrogen) atoms. The van der Waals surface area contributed by atoms with Crippen LogP contribution in [0.2, 0.25) is 0 Å². The maximum Gasteiger partial charge on any atom is 0.154 e. The molecule has 6 heteroatoms. The third kappa shape index (κ3) is 3.52. The van der Waals surface area contributed by atoms with Gasteiger partial charge >= 0.3 is 0 Å². The third-order valence-electron chi connectivity index (χ3n) is 3.33. The van der Waals surface area contributed by atoms with Crippen LogP contribution in [0, 0.1) is 6.92 Å². The van der Waals surface area contributed by atoms with Gasteiger partial charge in [-0.2, -0.15) is 0 Å². The quantitative estimate of drug-likeness (QED) is 0.868. The van der Waals surface area contributed by atoms with Gasteiger partial charge in [0.2, 0.25) is 0 Å². The summed E-state index contributed by atoms with van der Waals surface area (Å²) in [5.74, 6) is 0. The lowest BCUT2D eigenvalue weighted by molar-refractivity contribution is 0.411. The molecule has 1 N–H and O–H groups in total. The summed E-state index contributed by atoms with van der Waals surface area (Å²) in [6, 6.07) is -0.126. The minimum Gasteiger partial charge on any atom is -0.312 e. The Morgan fingerprint density at radius 1 is 1.50 bits per heavy atom. The zero-order valence-corrected chi connectivity index (χ0v) is 13.3. The van der Waals surface area contributed by atoms with Gasteiger partial charge in [-0.25, -0.2) is 13.4 Å². The minimum absolute atomic E-state index is 0.126. The number of hydrogen-bond donors (Lipinski definition) is 1. The second kappa shape index (κ2) is 5.67. The molecular formula is C12H22N2O2S2. The molecule has 1 rings (SSSR count). The summed E-state index contributed by atoms with van der Waals surface area (Å²) < 4.78 is 23.0. The molecule has 1 unspecified atom stereocenters. The van der Waals surface area contributed by atoms with E-state index in [2.05, 4.69) is 10.3 Å². The molecule has 0 spiro atoms. The summed E-state index contributed by atoms with van der Waals surface area (Å²) >= 11 is 1.59. The van der Waals surface area contributed by atoms with Crippen LogP contribution in [0.1, 0.15) is 31.5 Å². The Morgan fingerprint density at radius 3 is 2.50 bits per heavy atom. The van der Waals surface area contributed by atoms with Crippen LogP contribution in [-0.4, -0.2) is 37.0 Å². The van der Waals surface area contributed by atoms with Crippen molar-refractivity contribution in [3.63, 3.8) is 0 Å². The van der Waals surface area contributed by atoms with Crippen molar-refractivity contribution in [2.45, 2.75) is 44.9 Å². The molecule has 4 nitrogen and oxygen atoms in total. The Kier molecular flexibility index (Phi) is 4.91. The fourth-order valence-corrected chi connectivity index (χ4v) is 3.09. The monoisotopic (exact) mass is 290 g/mol. The number of likely N-dealkylation sites (N-methyl/N-ethyl adjacent to an activating group) is 1. The van der Waals surface area contributed by atoms with Gasteiger partial charge in [-0.3, -0.25) is 0 Å². The van der Waals surface area contributed by atoms with Crippen LogP contribution in [0.3, 0.4) is 0 Å². The number of aromatic nitrogens is 1. The highest BCUT2D eigenvalue weighted by Gasteiger charge is 2.38. The first-order chi connectivity index (χ1) is 8.18. The molecule has 0 aliphatic carbocycles. The molecule has 0 aliphatic heterocycles. The smallest absolute Gasteiger partial charge is 0.154 e. The topological polar surface area (TPSA) is 59.1 Å². The van der Waals surface area contributed by atoms with E-state index in [4.69, 9.17) is 0 Å². The van der Waals surface area contributed by atoms with Gasteiger partial charge in [0.15, 0.2) is 9.84 Å². The Hall–Kier alpha value is -0.460. The van der Waals surface area contributed by atoms with Crippen molar-refractivity contribution in [2.24, 2.45) is 0 Å². The summed E-state index contributed by atoms with van der Waals surface area (Å²) in [6.45, 7) is 8.23. The number of hydrogen-bond acceptors (Lipinski definition) is 5. The van der Waals surface area contributed by atoms with E-state index in [0.717, 1.165) is 17.2 Å². The van der Waals surface area contributed by atoms with E-state index < -0.39 is 14.6 Å². The predicted octanol–water partition coefficient (Wildman–Crippen LogP) is 1.80. The summed E-state index contributed by atoms with van der Waals surface area (Å²) in [7, 11) is -3.12. The van der Waals surface area contributed by atoms with Gasteiger partial charge in [-0.1, -0.05) is 6.92 Å². The number of sulfone groups is 1. The number of aryl methyl sites for hydroxylation is 1. The fraction of sp³-hybridized carbons (Fsp3) is 0.750. The number of rotatable bonds is 6. The first-order valence-electron chi connectivity index (χ1n) is 6.02. The molecule has 0 saturated carbocycles. The highest BCUT2D eigenvalue weighted by Crippen LogP contribution is 2.23. The predicted molar refractivity (Wildman–Crippen MR) is 76.9 cm³/mol. The van der Waals surface area contributed by atoms with E-state index in [1.807, 2.05) is 19.2 Å². The van der Waals surface area contributed by atoms with Crippen molar-refractivity contribution in [3.8, 4) is 0 Å². The zero-order chi connectivity index (χ0) is 14.0. The summed E-state index contributed by atoms with van der Waals surface area (Å²) in [5.41, 5.74) is 0.958. The van der Waals surface area contributed by atoms with Crippen LogP contribution in [0.15, 0.2) is 5.38 Å².